The van der Waals surface area contributed by atoms with E-state index in [9.17, 15) is 23.5 Å². The van der Waals surface area contributed by atoms with Gasteiger partial charge in [0.25, 0.3) is 11.3 Å². The maximum absolute atomic E-state index is 12.5. The average molecular weight is 489 g/mol. The van der Waals surface area contributed by atoms with E-state index >= 15 is 0 Å². The summed E-state index contributed by atoms with van der Waals surface area (Å²) in [6, 6.07) is 28.2. The highest BCUT2D eigenvalue weighted by Gasteiger charge is 2.30. The van der Waals surface area contributed by atoms with Crippen molar-refractivity contribution in [1.82, 2.24) is 0 Å². The molecule has 0 aromatic heterocycles. The van der Waals surface area contributed by atoms with Gasteiger partial charge >= 0.3 is 5.97 Å². The summed E-state index contributed by atoms with van der Waals surface area (Å²) in [6.07, 6.45) is -0.291. The van der Waals surface area contributed by atoms with Gasteiger partial charge in [0.05, 0.1) is 5.69 Å². The fourth-order valence-electron chi connectivity index (χ4n) is 3.91. The zero-order chi connectivity index (χ0) is 24.8. The van der Waals surface area contributed by atoms with E-state index in [1.54, 1.807) is 30.3 Å². The van der Waals surface area contributed by atoms with Crippen LogP contribution in [0.15, 0.2) is 97.1 Å². The zero-order valence-electron chi connectivity index (χ0n) is 18.7. The second-order valence-electron chi connectivity index (χ2n) is 7.97. The second-order valence-corrected chi connectivity index (χ2v) is 8.83. The number of hydrogen-bond acceptors (Lipinski definition) is 3. The minimum Gasteiger partial charge on any atom is -0.480 e. The molecule has 2 unspecified atom stereocenters. The van der Waals surface area contributed by atoms with Gasteiger partial charge in [0.15, 0.2) is 0 Å². The molecule has 8 heteroatoms. The first-order valence-corrected chi connectivity index (χ1v) is 12.1. The number of carbonyl (C=O) groups excluding carboxylic acids is 1. The summed E-state index contributed by atoms with van der Waals surface area (Å²) in [7, 11) is 0. The Balaban J connectivity index is 1.46. The van der Waals surface area contributed by atoms with Crippen molar-refractivity contribution in [3.05, 3.63) is 97.1 Å². The number of aliphatic carboxylic acids is 1. The van der Waals surface area contributed by atoms with Crippen LogP contribution in [0.3, 0.4) is 0 Å². The number of carboxylic acids is 1. The van der Waals surface area contributed by atoms with Crippen LogP contribution >= 0.6 is 0 Å². The SMILES string of the molecule is O=C(CCC(C(=O)O)N(c1ccc(-c2ccccc2)cc1)S(=O)O)Nc1ccc2ccccc2c1. The van der Waals surface area contributed by atoms with Crippen LogP contribution in [0.4, 0.5) is 11.4 Å². The molecular weight excluding hydrogens is 464 g/mol. The van der Waals surface area contributed by atoms with Crippen molar-refractivity contribution in [3.63, 3.8) is 0 Å². The van der Waals surface area contributed by atoms with Crippen LogP contribution < -0.4 is 9.62 Å². The largest absolute Gasteiger partial charge is 0.480 e. The molecular formula is C27H24N2O5S. The van der Waals surface area contributed by atoms with Crippen LogP contribution in [0.1, 0.15) is 12.8 Å². The zero-order valence-corrected chi connectivity index (χ0v) is 19.5. The van der Waals surface area contributed by atoms with Gasteiger partial charge in [-0.05, 0) is 52.6 Å². The number of nitrogens with zero attached hydrogens (tertiary/aromatic N) is 1. The Labute approximate surface area is 205 Å². The lowest BCUT2D eigenvalue weighted by atomic mass is 10.0. The Morgan fingerprint density at radius 3 is 2.11 bits per heavy atom. The quantitative estimate of drug-likeness (QED) is 0.276. The first kappa shape index (κ1) is 24.1. The number of amides is 1. The number of benzene rings is 4. The highest BCUT2D eigenvalue weighted by molar-refractivity contribution is 7.80. The molecule has 2 atom stereocenters. The maximum Gasteiger partial charge on any atom is 0.327 e. The van der Waals surface area contributed by atoms with Crippen molar-refractivity contribution in [3.8, 4) is 11.1 Å². The van der Waals surface area contributed by atoms with Gasteiger partial charge in [0.1, 0.15) is 6.04 Å². The molecule has 0 aliphatic heterocycles. The Bertz CT molecular complexity index is 1360. The molecule has 0 heterocycles. The van der Waals surface area contributed by atoms with Gasteiger partial charge in [0, 0.05) is 12.1 Å². The summed E-state index contributed by atoms with van der Waals surface area (Å²) in [5.74, 6) is -1.67. The normalized spacial score (nSPS) is 12.6. The van der Waals surface area contributed by atoms with Crippen LogP contribution in [0.25, 0.3) is 21.9 Å². The van der Waals surface area contributed by atoms with E-state index in [1.165, 1.54) is 0 Å². The molecule has 0 bridgehead atoms. The number of rotatable bonds is 9. The molecule has 4 aromatic carbocycles. The van der Waals surface area contributed by atoms with E-state index in [-0.39, 0.29) is 24.4 Å². The van der Waals surface area contributed by atoms with Gasteiger partial charge in [-0.1, -0.05) is 72.8 Å². The van der Waals surface area contributed by atoms with Crippen molar-refractivity contribution >= 4 is 45.3 Å². The molecule has 3 N–H and O–H groups in total. The molecule has 0 aliphatic carbocycles. The van der Waals surface area contributed by atoms with E-state index in [1.807, 2.05) is 66.7 Å². The molecule has 1 amide bonds. The van der Waals surface area contributed by atoms with Gasteiger partial charge in [-0.15, -0.1) is 0 Å². The van der Waals surface area contributed by atoms with E-state index < -0.39 is 23.3 Å². The van der Waals surface area contributed by atoms with Gasteiger partial charge in [-0.2, -0.15) is 0 Å². The van der Waals surface area contributed by atoms with Crippen LogP contribution in [-0.4, -0.2) is 31.8 Å². The minimum atomic E-state index is -2.60. The predicted molar refractivity (Wildman–Crippen MR) is 138 cm³/mol. The fourth-order valence-corrected chi connectivity index (χ4v) is 4.63. The molecule has 0 saturated heterocycles. The summed E-state index contributed by atoms with van der Waals surface area (Å²) >= 11 is -2.60. The van der Waals surface area contributed by atoms with E-state index in [0.29, 0.717) is 5.69 Å². The summed E-state index contributed by atoms with van der Waals surface area (Å²) in [5.41, 5.74) is 2.73. The lowest BCUT2D eigenvalue weighted by molar-refractivity contribution is -0.138. The number of carboxylic acid groups (broad SMARTS) is 1. The number of hydrogen-bond donors (Lipinski definition) is 3. The molecule has 178 valence electrons. The van der Waals surface area contributed by atoms with E-state index in [2.05, 4.69) is 5.32 Å². The smallest absolute Gasteiger partial charge is 0.327 e. The van der Waals surface area contributed by atoms with Gasteiger partial charge in [-0.3, -0.25) is 13.7 Å². The van der Waals surface area contributed by atoms with Crippen molar-refractivity contribution < 1.29 is 23.5 Å². The van der Waals surface area contributed by atoms with Crippen LogP contribution in [-0.2, 0) is 20.9 Å². The van der Waals surface area contributed by atoms with E-state index in [4.69, 9.17) is 0 Å². The highest BCUT2D eigenvalue weighted by Crippen LogP contribution is 2.26. The lowest BCUT2D eigenvalue weighted by Gasteiger charge is -2.27. The monoisotopic (exact) mass is 488 g/mol. The molecule has 0 fully saturated rings. The summed E-state index contributed by atoms with van der Waals surface area (Å²) < 4.78 is 22.9. The molecule has 0 spiro atoms. The molecule has 0 radical (unpaired) electrons. The van der Waals surface area contributed by atoms with Gasteiger partial charge < -0.3 is 10.4 Å². The number of nitrogens with one attached hydrogen (secondary N) is 1. The molecule has 4 aromatic rings. The molecule has 4 rings (SSSR count). The number of carbonyl (C=O) groups is 2. The lowest BCUT2D eigenvalue weighted by Crippen LogP contribution is -2.43. The third kappa shape index (κ3) is 5.92. The third-order valence-electron chi connectivity index (χ3n) is 5.64. The van der Waals surface area contributed by atoms with Crippen molar-refractivity contribution in [2.45, 2.75) is 18.9 Å². The Morgan fingerprint density at radius 1 is 0.829 bits per heavy atom. The van der Waals surface area contributed by atoms with Crippen molar-refractivity contribution in [1.29, 1.82) is 0 Å². The highest BCUT2D eigenvalue weighted by atomic mass is 32.2. The predicted octanol–water partition coefficient (Wildman–Crippen LogP) is 5.32. The number of anilines is 2. The van der Waals surface area contributed by atoms with Crippen molar-refractivity contribution in [2.24, 2.45) is 0 Å². The van der Waals surface area contributed by atoms with Crippen LogP contribution in [0, 0.1) is 0 Å². The third-order valence-corrected chi connectivity index (χ3v) is 6.45. The first-order valence-electron chi connectivity index (χ1n) is 11.0. The van der Waals surface area contributed by atoms with Crippen molar-refractivity contribution in [2.75, 3.05) is 9.62 Å². The summed E-state index contributed by atoms with van der Waals surface area (Å²) in [4.78, 5) is 24.6. The molecule has 0 saturated carbocycles. The Hall–Kier alpha value is -4.01. The first-order chi connectivity index (χ1) is 16.9. The van der Waals surface area contributed by atoms with Gasteiger partial charge in [0.2, 0.25) is 5.91 Å². The fraction of sp³-hybridized carbons (Fsp3) is 0.111. The van der Waals surface area contributed by atoms with Gasteiger partial charge in [-0.25, -0.2) is 9.00 Å². The topological polar surface area (TPSA) is 107 Å². The number of fused-ring (bicyclic) bond motifs is 1. The second kappa shape index (κ2) is 10.9. The minimum absolute atomic E-state index is 0.139. The molecule has 7 nitrogen and oxygen atoms in total. The standard InChI is InChI=1S/C27H24N2O5S/c30-26(28-23-13-10-20-8-4-5-9-22(20)18-23)17-16-25(27(31)32)29(35(33)34)24-14-11-21(12-15-24)19-6-2-1-3-7-19/h1-15,18,25H,16-17H2,(H,28,30)(H,31,32)(H,33,34). The summed E-state index contributed by atoms with van der Waals surface area (Å²) in [6.45, 7) is 0. The molecule has 0 aliphatic rings. The van der Waals surface area contributed by atoms with E-state index in [0.717, 1.165) is 26.2 Å². The van der Waals surface area contributed by atoms with Crippen LogP contribution in [0.5, 0.6) is 0 Å². The molecule has 35 heavy (non-hydrogen) atoms. The average Bonchev–Trinajstić information content (AvgIpc) is 2.86. The Kier molecular flexibility index (Phi) is 7.54. The summed E-state index contributed by atoms with van der Waals surface area (Å²) in [5, 5.41) is 14.6. The Morgan fingerprint density at radius 2 is 1.46 bits per heavy atom. The maximum atomic E-state index is 12.5. The van der Waals surface area contributed by atoms with Crippen LogP contribution in [0.2, 0.25) is 0 Å².